The maximum absolute atomic E-state index is 13.8. The molecule has 1 fully saturated rings. The van der Waals surface area contributed by atoms with Gasteiger partial charge < -0.3 is 10.6 Å². The Morgan fingerprint density at radius 3 is 2.94 bits per heavy atom. The van der Waals surface area contributed by atoms with Crippen LogP contribution in [-0.4, -0.2) is 12.6 Å². The van der Waals surface area contributed by atoms with Gasteiger partial charge in [0.25, 0.3) is 0 Å². The third-order valence-electron chi connectivity index (χ3n) is 3.38. The van der Waals surface area contributed by atoms with Gasteiger partial charge in [-0.1, -0.05) is 6.92 Å². The monoisotopic (exact) mass is 222 g/mol. The fourth-order valence-electron chi connectivity index (χ4n) is 2.50. The topological polar surface area (TPSA) is 29.3 Å². The molecule has 0 saturated carbocycles. The molecule has 0 bridgehead atoms. The first-order valence-electron chi connectivity index (χ1n) is 6.04. The van der Waals surface area contributed by atoms with Gasteiger partial charge in [-0.05, 0) is 43.9 Å². The highest BCUT2D eigenvalue weighted by Crippen LogP contribution is 2.29. The van der Waals surface area contributed by atoms with Gasteiger partial charge >= 0.3 is 0 Å². The van der Waals surface area contributed by atoms with Crippen molar-refractivity contribution in [3.63, 3.8) is 0 Å². The second kappa shape index (κ2) is 4.73. The van der Waals surface area contributed by atoms with Crippen LogP contribution in [0.5, 0.6) is 0 Å². The summed E-state index contributed by atoms with van der Waals surface area (Å²) in [6, 6.07) is 5.47. The third kappa shape index (κ3) is 2.13. The summed E-state index contributed by atoms with van der Waals surface area (Å²) < 4.78 is 13.8. The summed E-state index contributed by atoms with van der Waals surface area (Å²) >= 11 is 0. The molecule has 16 heavy (non-hydrogen) atoms. The molecule has 2 rings (SSSR count). The number of halogens is 1. The van der Waals surface area contributed by atoms with E-state index >= 15 is 0 Å². The van der Waals surface area contributed by atoms with Gasteiger partial charge in [0.15, 0.2) is 0 Å². The van der Waals surface area contributed by atoms with E-state index in [1.807, 2.05) is 0 Å². The lowest BCUT2D eigenvalue weighted by atomic mass is 9.99. The van der Waals surface area contributed by atoms with E-state index in [1.54, 1.807) is 12.1 Å². The molecule has 1 aliphatic rings. The molecule has 1 saturated heterocycles. The van der Waals surface area contributed by atoms with Crippen LogP contribution >= 0.6 is 0 Å². The van der Waals surface area contributed by atoms with Crippen molar-refractivity contribution in [2.24, 2.45) is 0 Å². The summed E-state index contributed by atoms with van der Waals surface area (Å²) in [5.74, 6) is -0.194. The highest BCUT2D eigenvalue weighted by atomic mass is 19.1. The first-order valence-corrected chi connectivity index (χ1v) is 6.04. The third-order valence-corrected chi connectivity index (χ3v) is 3.38. The summed E-state index contributed by atoms with van der Waals surface area (Å²) in [7, 11) is 0. The molecule has 2 N–H and O–H groups in total. The Morgan fingerprint density at radius 2 is 2.25 bits per heavy atom. The molecular formula is C13H19FN2. The Kier molecular flexibility index (Phi) is 3.32. The molecule has 0 radical (unpaired) electrons. The largest absolute Gasteiger partial charge is 0.399 e. The summed E-state index contributed by atoms with van der Waals surface area (Å²) in [5, 5.41) is 0. The first-order chi connectivity index (χ1) is 7.72. The van der Waals surface area contributed by atoms with Gasteiger partial charge in [-0.25, -0.2) is 4.39 Å². The predicted octanol–water partition coefficient (Wildman–Crippen LogP) is 3.18. The minimum absolute atomic E-state index is 0.194. The standard InChI is InChI=1S/C13H19FN2/c1-2-11-5-3-4-8-16(11)13-7-6-10(15)9-12(13)14/h6-7,9,11H,2-5,8,15H2,1H3. The van der Waals surface area contributed by atoms with Gasteiger partial charge in [0.2, 0.25) is 0 Å². The maximum Gasteiger partial charge on any atom is 0.148 e. The van der Waals surface area contributed by atoms with Crippen LogP contribution < -0.4 is 10.6 Å². The number of nitrogen functional groups attached to an aromatic ring is 1. The zero-order valence-electron chi connectivity index (χ0n) is 9.75. The van der Waals surface area contributed by atoms with E-state index in [0.717, 1.165) is 19.4 Å². The number of hydrogen-bond donors (Lipinski definition) is 1. The Hall–Kier alpha value is -1.25. The molecule has 1 aromatic carbocycles. The number of benzene rings is 1. The molecule has 0 spiro atoms. The van der Waals surface area contributed by atoms with Crippen LogP contribution in [0.2, 0.25) is 0 Å². The number of piperidine rings is 1. The highest BCUT2D eigenvalue weighted by molar-refractivity contribution is 5.55. The molecule has 2 nitrogen and oxygen atoms in total. The molecule has 0 amide bonds. The van der Waals surface area contributed by atoms with Crippen LogP contribution in [0.25, 0.3) is 0 Å². The fraction of sp³-hybridized carbons (Fsp3) is 0.538. The second-order valence-electron chi connectivity index (χ2n) is 4.46. The summed E-state index contributed by atoms with van der Waals surface area (Å²) in [4.78, 5) is 2.19. The van der Waals surface area contributed by atoms with Crippen LogP contribution in [-0.2, 0) is 0 Å². The molecule has 0 aromatic heterocycles. The van der Waals surface area contributed by atoms with Crippen LogP contribution in [0.3, 0.4) is 0 Å². The molecular weight excluding hydrogens is 203 g/mol. The molecule has 88 valence electrons. The number of rotatable bonds is 2. The van der Waals surface area contributed by atoms with Crippen molar-refractivity contribution in [3.8, 4) is 0 Å². The number of nitrogens with two attached hydrogens (primary N) is 1. The molecule has 1 aromatic rings. The Bertz CT molecular complexity index is 365. The van der Waals surface area contributed by atoms with Gasteiger partial charge in [0, 0.05) is 18.3 Å². The minimum Gasteiger partial charge on any atom is -0.399 e. The van der Waals surface area contributed by atoms with E-state index in [4.69, 9.17) is 5.73 Å². The van der Waals surface area contributed by atoms with E-state index in [1.165, 1.54) is 18.9 Å². The van der Waals surface area contributed by atoms with E-state index in [-0.39, 0.29) is 5.82 Å². The molecule has 1 aliphatic heterocycles. The maximum atomic E-state index is 13.8. The van der Waals surface area contributed by atoms with Crippen molar-refractivity contribution in [2.75, 3.05) is 17.2 Å². The average Bonchev–Trinajstić information content (AvgIpc) is 2.29. The van der Waals surface area contributed by atoms with Crippen LogP contribution in [0.4, 0.5) is 15.8 Å². The van der Waals surface area contributed by atoms with Gasteiger partial charge in [0.05, 0.1) is 5.69 Å². The zero-order chi connectivity index (χ0) is 11.5. The summed E-state index contributed by atoms with van der Waals surface area (Å²) in [6.45, 7) is 3.12. The van der Waals surface area contributed by atoms with Gasteiger partial charge in [0.1, 0.15) is 5.82 Å². The molecule has 1 unspecified atom stereocenters. The van der Waals surface area contributed by atoms with Crippen molar-refractivity contribution < 1.29 is 4.39 Å². The van der Waals surface area contributed by atoms with Crippen LogP contribution in [0.15, 0.2) is 18.2 Å². The van der Waals surface area contributed by atoms with Crippen molar-refractivity contribution in [2.45, 2.75) is 38.6 Å². The van der Waals surface area contributed by atoms with Crippen molar-refractivity contribution >= 4 is 11.4 Å². The van der Waals surface area contributed by atoms with Crippen molar-refractivity contribution in [3.05, 3.63) is 24.0 Å². The van der Waals surface area contributed by atoms with Crippen molar-refractivity contribution in [1.82, 2.24) is 0 Å². The van der Waals surface area contributed by atoms with Gasteiger partial charge in [-0.15, -0.1) is 0 Å². The molecule has 1 heterocycles. The number of hydrogen-bond acceptors (Lipinski definition) is 2. The normalized spacial score (nSPS) is 21.1. The van der Waals surface area contributed by atoms with Crippen LogP contribution in [0, 0.1) is 5.82 Å². The smallest absolute Gasteiger partial charge is 0.148 e. The van der Waals surface area contributed by atoms with E-state index in [2.05, 4.69) is 11.8 Å². The highest BCUT2D eigenvalue weighted by Gasteiger charge is 2.23. The molecule has 1 atom stereocenters. The van der Waals surface area contributed by atoms with E-state index < -0.39 is 0 Å². The molecule has 3 heteroatoms. The number of nitrogens with zero attached hydrogens (tertiary/aromatic N) is 1. The van der Waals surface area contributed by atoms with E-state index in [0.29, 0.717) is 17.4 Å². The fourth-order valence-corrected chi connectivity index (χ4v) is 2.50. The Balaban J connectivity index is 2.27. The summed E-state index contributed by atoms with van der Waals surface area (Å²) in [5.41, 5.74) is 6.77. The quantitative estimate of drug-likeness (QED) is 0.779. The average molecular weight is 222 g/mol. The number of anilines is 2. The van der Waals surface area contributed by atoms with E-state index in [9.17, 15) is 4.39 Å². The lowest BCUT2D eigenvalue weighted by molar-refractivity contribution is 0.443. The van der Waals surface area contributed by atoms with Crippen molar-refractivity contribution in [1.29, 1.82) is 0 Å². The second-order valence-corrected chi connectivity index (χ2v) is 4.46. The summed E-state index contributed by atoms with van der Waals surface area (Å²) in [6.07, 6.45) is 4.65. The van der Waals surface area contributed by atoms with Gasteiger partial charge in [-0.3, -0.25) is 0 Å². The lowest BCUT2D eigenvalue weighted by Crippen LogP contribution is -2.39. The molecule has 0 aliphatic carbocycles. The first kappa shape index (κ1) is 11.2. The zero-order valence-corrected chi connectivity index (χ0v) is 9.75. The van der Waals surface area contributed by atoms with Gasteiger partial charge in [-0.2, -0.15) is 0 Å². The Morgan fingerprint density at radius 1 is 1.44 bits per heavy atom. The van der Waals surface area contributed by atoms with Crippen LogP contribution in [0.1, 0.15) is 32.6 Å². The predicted molar refractivity (Wildman–Crippen MR) is 66.1 cm³/mol. The SMILES string of the molecule is CCC1CCCCN1c1ccc(N)cc1F. The Labute approximate surface area is 96.2 Å². The lowest BCUT2D eigenvalue weighted by Gasteiger charge is -2.37. The minimum atomic E-state index is -0.194.